The van der Waals surface area contributed by atoms with Crippen LogP contribution in [0.25, 0.3) is 0 Å². The van der Waals surface area contributed by atoms with Gasteiger partial charge in [0.25, 0.3) is 5.91 Å². The van der Waals surface area contributed by atoms with E-state index in [-0.39, 0.29) is 24.5 Å². The van der Waals surface area contributed by atoms with Gasteiger partial charge >= 0.3 is 0 Å². The largest absolute Gasteiger partial charge is 0.483 e. The average Bonchev–Trinajstić information content (AvgIpc) is 3.16. The van der Waals surface area contributed by atoms with Crippen LogP contribution in [0.1, 0.15) is 18.4 Å². The lowest BCUT2D eigenvalue weighted by molar-refractivity contribution is -0.123. The molecular weight excluding hydrogens is 310 g/mol. The van der Waals surface area contributed by atoms with Crippen LogP contribution in [0.4, 0.5) is 0 Å². The van der Waals surface area contributed by atoms with Gasteiger partial charge in [-0.05, 0) is 53.4 Å². The maximum absolute atomic E-state index is 11.7. The molecule has 0 aliphatic heterocycles. The molecule has 4 nitrogen and oxygen atoms in total. The van der Waals surface area contributed by atoms with Crippen molar-refractivity contribution in [3.63, 3.8) is 0 Å². The molecule has 1 fully saturated rings. The van der Waals surface area contributed by atoms with Crippen molar-refractivity contribution in [2.24, 2.45) is 5.41 Å². The van der Waals surface area contributed by atoms with E-state index in [1.54, 1.807) is 0 Å². The molecule has 0 atom stereocenters. The minimum atomic E-state index is -0.160. The van der Waals surface area contributed by atoms with Crippen LogP contribution in [0.2, 0.25) is 0 Å². The smallest absolute Gasteiger partial charge is 0.257 e. The summed E-state index contributed by atoms with van der Waals surface area (Å²) in [7, 11) is 0. The second-order valence-electron chi connectivity index (χ2n) is 5.16. The van der Waals surface area contributed by atoms with Gasteiger partial charge in [-0.3, -0.25) is 4.79 Å². The van der Waals surface area contributed by atoms with Gasteiger partial charge in [-0.2, -0.15) is 0 Å². The maximum Gasteiger partial charge on any atom is 0.257 e. The van der Waals surface area contributed by atoms with Gasteiger partial charge in [-0.15, -0.1) is 0 Å². The van der Waals surface area contributed by atoms with Gasteiger partial charge in [0.2, 0.25) is 0 Å². The Kier molecular flexibility index (Phi) is 4.47. The van der Waals surface area contributed by atoms with Crippen LogP contribution in [0.3, 0.4) is 0 Å². The Balaban J connectivity index is 1.77. The third kappa shape index (κ3) is 3.94. The summed E-state index contributed by atoms with van der Waals surface area (Å²) >= 11 is 3.40. The first-order valence-electron chi connectivity index (χ1n) is 6.31. The van der Waals surface area contributed by atoms with E-state index in [1.165, 1.54) is 0 Å². The first kappa shape index (κ1) is 14.3. The monoisotopic (exact) mass is 327 g/mol. The number of halogens is 1. The van der Waals surface area contributed by atoms with E-state index in [0.29, 0.717) is 12.3 Å². The van der Waals surface area contributed by atoms with Crippen LogP contribution in [0.15, 0.2) is 22.7 Å². The highest BCUT2D eigenvalue weighted by Crippen LogP contribution is 2.44. The van der Waals surface area contributed by atoms with E-state index in [9.17, 15) is 4.79 Å². The zero-order valence-electron chi connectivity index (χ0n) is 10.9. The number of aliphatic hydroxyl groups is 1. The molecule has 2 N–H and O–H groups in total. The van der Waals surface area contributed by atoms with Gasteiger partial charge in [-0.25, -0.2) is 0 Å². The molecular formula is C14H18BrNO3. The number of hydrogen-bond donors (Lipinski definition) is 2. The summed E-state index contributed by atoms with van der Waals surface area (Å²) in [5.74, 6) is 0.497. The topological polar surface area (TPSA) is 58.6 Å². The summed E-state index contributed by atoms with van der Waals surface area (Å²) in [5.41, 5.74) is 1.06. The van der Waals surface area contributed by atoms with Crippen molar-refractivity contribution in [1.82, 2.24) is 5.32 Å². The Morgan fingerprint density at radius 1 is 1.53 bits per heavy atom. The Bertz CT molecular complexity index is 472. The van der Waals surface area contributed by atoms with E-state index in [4.69, 9.17) is 9.84 Å². The number of nitrogens with one attached hydrogen (secondary N) is 1. The molecule has 1 aromatic rings. The summed E-state index contributed by atoms with van der Waals surface area (Å²) < 4.78 is 6.29. The molecule has 0 unspecified atom stereocenters. The summed E-state index contributed by atoms with van der Waals surface area (Å²) in [4.78, 5) is 11.7. The number of aryl methyl sites for hydroxylation is 1. The van der Waals surface area contributed by atoms with Crippen LogP contribution >= 0.6 is 15.9 Å². The first-order valence-corrected chi connectivity index (χ1v) is 7.10. The second kappa shape index (κ2) is 5.92. The van der Waals surface area contributed by atoms with Crippen LogP contribution in [-0.4, -0.2) is 30.8 Å². The number of carbonyl (C=O) groups excluding carboxylic acids is 1. The highest BCUT2D eigenvalue weighted by Gasteiger charge is 2.42. The molecule has 0 saturated heterocycles. The van der Waals surface area contributed by atoms with E-state index >= 15 is 0 Å². The number of aliphatic hydroxyl groups excluding tert-OH is 1. The molecule has 1 aromatic carbocycles. The summed E-state index contributed by atoms with van der Waals surface area (Å²) in [6, 6.07) is 5.71. The fourth-order valence-corrected chi connectivity index (χ4v) is 2.38. The summed E-state index contributed by atoms with van der Waals surface area (Å²) in [6.45, 7) is 2.65. The Hall–Kier alpha value is -1.07. The molecule has 0 heterocycles. The highest BCUT2D eigenvalue weighted by molar-refractivity contribution is 9.10. The minimum absolute atomic E-state index is 0.0107. The predicted molar refractivity (Wildman–Crippen MR) is 76.1 cm³/mol. The molecule has 0 aromatic heterocycles. The molecule has 1 amide bonds. The first-order chi connectivity index (χ1) is 9.04. The summed E-state index contributed by atoms with van der Waals surface area (Å²) in [5, 5.41) is 11.9. The van der Waals surface area contributed by atoms with Crippen molar-refractivity contribution < 1.29 is 14.6 Å². The predicted octanol–water partition coefficient (Wildman–Crippen LogP) is 2.03. The quantitative estimate of drug-likeness (QED) is 0.840. The molecule has 2 rings (SSSR count). The Labute approximate surface area is 121 Å². The number of amides is 1. The number of benzene rings is 1. The van der Waals surface area contributed by atoms with Crippen molar-refractivity contribution in [3.05, 3.63) is 28.2 Å². The van der Waals surface area contributed by atoms with Crippen molar-refractivity contribution >= 4 is 21.8 Å². The fourth-order valence-electron chi connectivity index (χ4n) is 1.77. The Morgan fingerprint density at radius 2 is 2.26 bits per heavy atom. The van der Waals surface area contributed by atoms with E-state index in [2.05, 4.69) is 21.2 Å². The summed E-state index contributed by atoms with van der Waals surface area (Å²) in [6.07, 6.45) is 1.96. The Morgan fingerprint density at radius 3 is 2.84 bits per heavy atom. The van der Waals surface area contributed by atoms with E-state index < -0.39 is 0 Å². The van der Waals surface area contributed by atoms with Gasteiger partial charge in [0.1, 0.15) is 5.75 Å². The average molecular weight is 328 g/mol. The lowest BCUT2D eigenvalue weighted by Crippen LogP contribution is -2.35. The minimum Gasteiger partial charge on any atom is -0.483 e. The third-order valence-electron chi connectivity index (χ3n) is 3.40. The standard InChI is InChI=1S/C14H18BrNO3/c1-10-2-3-12(11(15)6-10)19-7-13(18)16-8-14(9-17)4-5-14/h2-3,6,17H,4-5,7-9H2,1H3,(H,16,18). The van der Waals surface area contributed by atoms with E-state index in [0.717, 1.165) is 22.9 Å². The molecule has 5 heteroatoms. The van der Waals surface area contributed by atoms with Gasteiger partial charge in [-0.1, -0.05) is 6.07 Å². The van der Waals surface area contributed by atoms with Crippen molar-refractivity contribution in [2.75, 3.05) is 19.8 Å². The van der Waals surface area contributed by atoms with Crippen molar-refractivity contribution in [3.8, 4) is 5.75 Å². The molecule has 1 aliphatic carbocycles. The number of carbonyl (C=O) groups is 1. The highest BCUT2D eigenvalue weighted by atomic mass is 79.9. The molecule has 0 bridgehead atoms. The van der Waals surface area contributed by atoms with Crippen LogP contribution in [0, 0.1) is 12.3 Å². The van der Waals surface area contributed by atoms with Crippen LogP contribution in [0.5, 0.6) is 5.75 Å². The van der Waals surface area contributed by atoms with Crippen LogP contribution in [-0.2, 0) is 4.79 Å². The van der Waals surface area contributed by atoms with Gasteiger partial charge < -0.3 is 15.2 Å². The molecule has 0 spiro atoms. The molecule has 1 saturated carbocycles. The lowest BCUT2D eigenvalue weighted by atomic mass is 10.1. The zero-order valence-corrected chi connectivity index (χ0v) is 12.5. The molecule has 104 valence electrons. The van der Waals surface area contributed by atoms with Crippen molar-refractivity contribution in [1.29, 1.82) is 0 Å². The SMILES string of the molecule is Cc1ccc(OCC(=O)NCC2(CO)CC2)c(Br)c1. The number of hydrogen-bond acceptors (Lipinski definition) is 3. The molecule has 19 heavy (non-hydrogen) atoms. The number of ether oxygens (including phenoxy) is 1. The molecule has 0 radical (unpaired) electrons. The molecule has 1 aliphatic rings. The maximum atomic E-state index is 11.7. The third-order valence-corrected chi connectivity index (χ3v) is 4.02. The second-order valence-corrected chi connectivity index (χ2v) is 6.01. The zero-order chi connectivity index (χ0) is 13.9. The van der Waals surface area contributed by atoms with Gasteiger partial charge in [0.15, 0.2) is 6.61 Å². The normalized spacial score (nSPS) is 15.9. The van der Waals surface area contributed by atoms with Crippen LogP contribution < -0.4 is 10.1 Å². The fraction of sp³-hybridized carbons (Fsp3) is 0.500. The number of rotatable bonds is 6. The van der Waals surface area contributed by atoms with E-state index in [1.807, 2.05) is 25.1 Å². The van der Waals surface area contributed by atoms with Gasteiger partial charge in [0, 0.05) is 12.0 Å². The van der Waals surface area contributed by atoms with Crippen molar-refractivity contribution in [2.45, 2.75) is 19.8 Å². The van der Waals surface area contributed by atoms with Gasteiger partial charge in [0.05, 0.1) is 11.1 Å². The lowest BCUT2D eigenvalue weighted by Gasteiger charge is -2.13.